The van der Waals surface area contributed by atoms with Crippen LogP contribution >= 0.6 is 0 Å². The van der Waals surface area contributed by atoms with Crippen LogP contribution in [0.25, 0.3) is 0 Å². The van der Waals surface area contributed by atoms with Crippen LogP contribution in [0.2, 0.25) is 0 Å². The molecule has 1 heterocycles. The summed E-state index contributed by atoms with van der Waals surface area (Å²) in [5, 5.41) is 2.40. The number of urea groups is 1. The summed E-state index contributed by atoms with van der Waals surface area (Å²) in [6, 6.07) is 7.47. The second-order valence-electron chi connectivity index (χ2n) is 6.84. The zero-order chi connectivity index (χ0) is 19.1. The van der Waals surface area contributed by atoms with Crippen molar-refractivity contribution in [3.8, 4) is 0 Å². The highest BCUT2D eigenvalue weighted by Crippen LogP contribution is 2.17. The molecule has 1 aliphatic rings. The summed E-state index contributed by atoms with van der Waals surface area (Å²) in [6.07, 6.45) is 1.24. The van der Waals surface area contributed by atoms with Gasteiger partial charge in [0.2, 0.25) is 0 Å². The van der Waals surface area contributed by atoms with Crippen molar-refractivity contribution in [1.29, 1.82) is 0 Å². The summed E-state index contributed by atoms with van der Waals surface area (Å²) in [4.78, 5) is 37.9. The molecule has 26 heavy (non-hydrogen) atoms. The Morgan fingerprint density at radius 1 is 1.23 bits per heavy atom. The Kier molecular flexibility index (Phi) is 7.00. The van der Waals surface area contributed by atoms with E-state index in [0.717, 1.165) is 18.4 Å². The van der Waals surface area contributed by atoms with Gasteiger partial charge in [0.25, 0.3) is 5.91 Å². The molecule has 2 atom stereocenters. The molecule has 0 saturated carbocycles. The van der Waals surface area contributed by atoms with Gasteiger partial charge >= 0.3 is 12.0 Å². The highest BCUT2D eigenvalue weighted by molar-refractivity contribution is 5.87. The minimum absolute atomic E-state index is 0.206. The number of carbonyl (C=O) groups is 3. The molecule has 1 fully saturated rings. The zero-order valence-corrected chi connectivity index (χ0v) is 15.3. The number of primary amides is 1. The van der Waals surface area contributed by atoms with Gasteiger partial charge in [-0.15, -0.1) is 0 Å². The van der Waals surface area contributed by atoms with Crippen LogP contribution in [0.3, 0.4) is 0 Å². The van der Waals surface area contributed by atoms with Gasteiger partial charge in [-0.05, 0) is 31.2 Å². The van der Waals surface area contributed by atoms with Crippen molar-refractivity contribution < 1.29 is 19.1 Å². The molecule has 0 bridgehead atoms. The van der Waals surface area contributed by atoms with Crippen LogP contribution in [0.4, 0.5) is 4.79 Å². The molecule has 0 aliphatic carbocycles. The molecule has 1 saturated heterocycles. The van der Waals surface area contributed by atoms with Gasteiger partial charge in [-0.3, -0.25) is 4.79 Å². The minimum Gasteiger partial charge on any atom is -0.451 e. The van der Waals surface area contributed by atoms with E-state index in [4.69, 9.17) is 10.5 Å². The molecule has 0 unspecified atom stereocenters. The Bertz CT molecular complexity index is 627. The smallest absolute Gasteiger partial charge is 0.329 e. The van der Waals surface area contributed by atoms with Crippen LogP contribution in [0.15, 0.2) is 30.3 Å². The van der Waals surface area contributed by atoms with Gasteiger partial charge in [0.05, 0.1) is 0 Å². The fourth-order valence-corrected chi connectivity index (χ4v) is 3.01. The van der Waals surface area contributed by atoms with E-state index in [-0.39, 0.29) is 12.3 Å². The van der Waals surface area contributed by atoms with Crippen molar-refractivity contribution >= 4 is 17.9 Å². The number of nitrogens with one attached hydrogen (secondary N) is 1. The van der Waals surface area contributed by atoms with E-state index in [1.54, 1.807) is 11.8 Å². The number of piperidine rings is 1. The third-order valence-corrected chi connectivity index (χ3v) is 4.62. The van der Waals surface area contributed by atoms with E-state index in [9.17, 15) is 14.4 Å². The number of rotatable bonds is 6. The number of carbonyl (C=O) groups excluding carboxylic acids is 3. The molecular formula is C19H27N3O4. The van der Waals surface area contributed by atoms with Crippen LogP contribution < -0.4 is 11.1 Å². The maximum Gasteiger partial charge on any atom is 0.329 e. The second kappa shape index (κ2) is 9.22. The van der Waals surface area contributed by atoms with Gasteiger partial charge in [-0.25, -0.2) is 9.59 Å². The molecule has 0 radical (unpaired) electrons. The molecule has 1 aromatic carbocycles. The maximum atomic E-state index is 12.5. The van der Waals surface area contributed by atoms with E-state index in [0.29, 0.717) is 19.0 Å². The first-order valence-corrected chi connectivity index (χ1v) is 8.96. The first kappa shape index (κ1) is 19.8. The summed E-state index contributed by atoms with van der Waals surface area (Å²) in [5.74, 6) is -0.270. The molecule has 0 spiro atoms. The number of amides is 3. The Labute approximate surface area is 153 Å². The van der Waals surface area contributed by atoms with Gasteiger partial charge in [0.1, 0.15) is 6.04 Å². The highest BCUT2D eigenvalue weighted by atomic mass is 16.5. The van der Waals surface area contributed by atoms with Crippen molar-refractivity contribution in [3.05, 3.63) is 35.9 Å². The monoisotopic (exact) mass is 361 g/mol. The van der Waals surface area contributed by atoms with Crippen LogP contribution in [0.1, 0.15) is 32.3 Å². The SMILES string of the molecule is CC1CCN(C(=O)[C@H](C)OC(=O)[C@H](Cc2ccccc2)NC(N)=O)CC1. The molecule has 7 heteroatoms. The van der Waals surface area contributed by atoms with Gasteiger partial charge in [-0.2, -0.15) is 0 Å². The number of ether oxygens (including phenoxy) is 1. The lowest BCUT2D eigenvalue weighted by Crippen LogP contribution is -2.49. The quantitative estimate of drug-likeness (QED) is 0.749. The van der Waals surface area contributed by atoms with Crippen molar-refractivity contribution in [2.24, 2.45) is 11.7 Å². The third-order valence-electron chi connectivity index (χ3n) is 4.62. The Balaban J connectivity index is 1.96. The first-order chi connectivity index (χ1) is 12.4. The van der Waals surface area contributed by atoms with Gasteiger partial charge in [0, 0.05) is 19.5 Å². The molecule has 142 valence electrons. The Morgan fingerprint density at radius 3 is 2.42 bits per heavy atom. The normalized spacial score (nSPS) is 17.2. The van der Waals surface area contributed by atoms with E-state index >= 15 is 0 Å². The molecule has 7 nitrogen and oxygen atoms in total. The van der Waals surface area contributed by atoms with E-state index in [1.807, 2.05) is 30.3 Å². The maximum absolute atomic E-state index is 12.5. The predicted octanol–water partition coefficient (Wildman–Crippen LogP) is 1.46. The predicted molar refractivity (Wildman–Crippen MR) is 97.2 cm³/mol. The lowest BCUT2D eigenvalue weighted by Gasteiger charge is -2.32. The molecular weight excluding hydrogens is 334 g/mol. The zero-order valence-electron chi connectivity index (χ0n) is 15.3. The van der Waals surface area contributed by atoms with Crippen LogP contribution in [-0.4, -0.2) is 48.0 Å². The number of hydrogen-bond donors (Lipinski definition) is 2. The molecule has 3 N–H and O–H groups in total. The topological polar surface area (TPSA) is 102 Å². The standard InChI is InChI=1S/C19H27N3O4/c1-13-8-10-22(11-9-13)17(23)14(2)26-18(24)16(21-19(20)25)12-15-6-4-3-5-7-15/h3-7,13-14,16H,8-12H2,1-2H3,(H3,20,21,25)/t14-,16-/m0/s1. The summed E-state index contributed by atoms with van der Waals surface area (Å²) < 4.78 is 5.33. The second-order valence-corrected chi connectivity index (χ2v) is 6.84. The number of nitrogens with zero attached hydrogens (tertiary/aromatic N) is 1. The highest BCUT2D eigenvalue weighted by Gasteiger charge is 2.30. The summed E-state index contributed by atoms with van der Waals surface area (Å²) in [7, 11) is 0. The molecule has 1 aromatic rings. The van der Waals surface area contributed by atoms with Crippen LogP contribution in [0.5, 0.6) is 0 Å². The summed E-state index contributed by atoms with van der Waals surface area (Å²) >= 11 is 0. The molecule has 0 aromatic heterocycles. The molecule has 3 amide bonds. The van der Waals surface area contributed by atoms with Crippen molar-refractivity contribution in [2.75, 3.05) is 13.1 Å². The fourth-order valence-electron chi connectivity index (χ4n) is 3.01. The van der Waals surface area contributed by atoms with E-state index < -0.39 is 24.1 Å². The largest absolute Gasteiger partial charge is 0.451 e. The van der Waals surface area contributed by atoms with Gasteiger partial charge in [0.15, 0.2) is 6.10 Å². The van der Waals surface area contributed by atoms with Crippen LogP contribution in [0, 0.1) is 5.92 Å². The van der Waals surface area contributed by atoms with Crippen molar-refractivity contribution in [1.82, 2.24) is 10.2 Å². The number of esters is 1. The summed E-state index contributed by atoms with van der Waals surface area (Å²) in [5.41, 5.74) is 6.03. The average Bonchev–Trinajstić information content (AvgIpc) is 2.61. The number of benzene rings is 1. The van der Waals surface area contributed by atoms with E-state index in [2.05, 4.69) is 12.2 Å². The first-order valence-electron chi connectivity index (χ1n) is 8.96. The van der Waals surface area contributed by atoms with E-state index in [1.165, 1.54) is 0 Å². The van der Waals surface area contributed by atoms with Crippen molar-refractivity contribution in [2.45, 2.75) is 45.3 Å². The number of likely N-dealkylation sites (tertiary alicyclic amines) is 1. The molecule has 2 rings (SSSR count). The van der Waals surface area contributed by atoms with Crippen LogP contribution in [-0.2, 0) is 20.7 Å². The Morgan fingerprint density at radius 2 is 1.85 bits per heavy atom. The lowest BCUT2D eigenvalue weighted by atomic mass is 9.99. The average molecular weight is 361 g/mol. The third kappa shape index (κ3) is 5.75. The lowest BCUT2D eigenvalue weighted by molar-refractivity contribution is -0.161. The van der Waals surface area contributed by atoms with Gasteiger partial charge < -0.3 is 20.7 Å². The number of hydrogen-bond acceptors (Lipinski definition) is 4. The fraction of sp³-hybridized carbons (Fsp3) is 0.526. The molecule has 1 aliphatic heterocycles. The number of nitrogens with two attached hydrogens (primary N) is 1. The summed E-state index contributed by atoms with van der Waals surface area (Å²) in [6.45, 7) is 5.07. The van der Waals surface area contributed by atoms with Crippen molar-refractivity contribution in [3.63, 3.8) is 0 Å². The minimum atomic E-state index is -0.938. The van der Waals surface area contributed by atoms with Gasteiger partial charge in [-0.1, -0.05) is 37.3 Å². The Hall–Kier alpha value is -2.57.